The van der Waals surface area contributed by atoms with Gasteiger partial charge < -0.3 is 19.5 Å². The fourth-order valence-electron chi connectivity index (χ4n) is 6.14. The Morgan fingerprint density at radius 2 is 1.73 bits per heavy atom. The van der Waals surface area contributed by atoms with E-state index in [1.165, 1.54) is 10.6 Å². The lowest BCUT2D eigenvalue weighted by Gasteiger charge is -2.38. The van der Waals surface area contributed by atoms with Crippen LogP contribution in [0.2, 0.25) is 5.02 Å². The topological polar surface area (TPSA) is 92.8 Å². The number of fused-ring (bicyclic) bond motifs is 1. The number of aromatic nitrogens is 1. The van der Waals surface area contributed by atoms with Crippen LogP contribution in [0.1, 0.15) is 35.2 Å². The lowest BCUT2D eigenvalue weighted by Crippen LogP contribution is -2.46. The summed E-state index contributed by atoms with van der Waals surface area (Å²) >= 11 is 6.90. The number of anilines is 1. The van der Waals surface area contributed by atoms with Gasteiger partial charge in [0.15, 0.2) is 0 Å². The second kappa shape index (κ2) is 12.3. The molecule has 0 radical (unpaired) electrons. The lowest BCUT2D eigenvalue weighted by molar-refractivity contribution is 0.0695. The first kappa shape index (κ1) is 29.6. The van der Waals surface area contributed by atoms with Gasteiger partial charge in [-0.3, -0.25) is 9.69 Å². The number of allylic oxidation sites excluding steroid dienone is 5. The van der Waals surface area contributed by atoms with Crippen molar-refractivity contribution in [3.63, 3.8) is 0 Å². The number of benzene rings is 2. The highest BCUT2D eigenvalue weighted by atomic mass is 35.5. The van der Waals surface area contributed by atoms with Crippen LogP contribution in [-0.2, 0) is 6.54 Å². The van der Waals surface area contributed by atoms with Gasteiger partial charge in [0.25, 0.3) is 0 Å². The predicted octanol–water partition coefficient (Wildman–Crippen LogP) is 5.63. The molecule has 6 rings (SSSR count). The maximum Gasteiger partial charge on any atom is 0.341 e. The van der Waals surface area contributed by atoms with Crippen molar-refractivity contribution in [2.75, 3.05) is 44.2 Å². The summed E-state index contributed by atoms with van der Waals surface area (Å²) in [4.78, 5) is 31.3. The number of pyridine rings is 1. The number of aromatic carboxylic acids is 1. The summed E-state index contributed by atoms with van der Waals surface area (Å²) in [6.45, 7) is 4.20. The molecule has 0 amide bonds. The number of carboxylic acid groups (broad SMARTS) is 1. The molecule has 0 bridgehead atoms. The first-order chi connectivity index (χ1) is 21.2. The number of hydrogen-bond donors (Lipinski definition) is 1. The van der Waals surface area contributed by atoms with Crippen LogP contribution in [0.5, 0.6) is 0 Å². The molecular formula is C33H30ClF2N5O3. The smallest absolute Gasteiger partial charge is 0.341 e. The molecule has 0 spiro atoms. The van der Waals surface area contributed by atoms with Crippen molar-refractivity contribution < 1.29 is 18.7 Å². The molecule has 2 aliphatic heterocycles. The third-order valence-electron chi connectivity index (χ3n) is 8.48. The Morgan fingerprint density at radius 3 is 2.41 bits per heavy atom. The van der Waals surface area contributed by atoms with Crippen molar-refractivity contribution in [2.24, 2.45) is 0 Å². The predicted molar refractivity (Wildman–Crippen MR) is 165 cm³/mol. The highest BCUT2D eigenvalue weighted by molar-refractivity contribution is 6.38. The summed E-state index contributed by atoms with van der Waals surface area (Å²) < 4.78 is 32.5. The second-order valence-corrected chi connectivity index (χ2v) is 11.6. The SMILES string of the molecule is N#CC1=CC=C(N2CCN(c3c(F)cc4c(=O)c(C(=O)O)cn(-c5ccc(CN6CCCC6)c(F)c5)c4c3Cl)CC2)C=CC1. The third-order valence-corrected chi connectivity index (χ3v) is 8.84. The van der Waals surface area contributed by atoms with E-state index < -0.39 is 28.6 Å². The van der Waals surface area contributed by atoms with Crippen molar-refractivity contribution in [1.82, 2.24) is 14.4 Å². The third kappa shape index (κ3) is 5.61. The first-order valence-corrected chi connectivity index (χ1v) is 14.9. The van der Waals surface area contributed by atoms with Crippen molar-refractivity contribution in [3.05, 3.63) is 104 Å². The zero-order chi connectivity index (χ0) is 31.0. The normalized spacial score (nSPS) is 17.4. The minimum Gasteiger partial charge on any atom is -0.477 e. The van der Waals surface area contributed by atoms with E-state index in [0.29, 0.717) is 50.3 Å². The number of piperazine rings is 1. The molecule has 3 aromatic rings. The van der Waals surface area contributed by atoms with Crippen LogP contribution in [0.25, 0.3) is 16.6 Å². The highest BCUT2D eigenvalue weighted by Crippen LogP contribution is 2.37. The van der Waals surface area contributed by atoms with Crippen LogP contribution in [0.4, 0.5) is 14.5 Å². The van der Waals surface area contributed by atoms with E-state index in [-0.39, 0.29) is 27.3 Å². The van der Waals surface area contributed by atoms with Crippen LogP contribution >= 0.6 is 11.6 Å². The summed E-state index contributed by atoms with van der Waals surface area (Å²) in [5.41, 5.74) is 1.14. The van der Waals surface area contributed by atoms with Gasteiger partial charge in [0.05, 0.1) is 27.7 Å². The van der Waals surface area contributed by atoms with E-state index in [9.17, 15) is 20.0 Å². The minimum absolute atomic E-state index is 0.0563. The molecule has 44 heavy (non-hydrogen) atoms. The average Bonchev–Trinajstić information content (AvgIpc) is 3.41. The van der Waals surface area contributed by atoms with E-state index in [0.717, 1.165) is 43.9 Å². The molecular weight excluding hydrogens is 588 g/mol. The molecule has 1 N–H and O–H groups in total. The maximum atomic E-state index is 15.7. The van der Waals surface area contributed by atoms with Gasteiger partial charge in [0.2, 0.25) is 5.43 Å². The second-order valence-electron chi connectivity index (χ2n) is 11.2. The number of carbonyl (C=O) groups is 1. The molecule has 0 atom stereocenters. The Labute approximate surface area is 258 Å². The van der Waals surface area contributed by atoms with Gasteiger partial charge in [-0.2, -0.15) is 5.26 Å². The summed E-state index contributed by atoms with van der Waals surface area (Å²) in [5, 5.41) is 18.7. The zero-order valence-corrected chi connectivity index (χ0v) is 24.7. The van der Waals surface area contributed by atoms with E-state index in [2.05, 4.69) is 15.9 Å². The van der Waals surface area contributed by atoms with Gasteiger partial charge in [-0.05, 0) is 62.4 Å². The van der Waals surface area contributed by atoms with Crippen LogP contribution < -0.4 is 10.3 Å². The highest BCUT2D eigenvalue weighted by Gasteiger charge is 2.27. The number of likely N-dealkylation sites (tertiary alicyclic amines) is 1. The van der Waals surface area contributed by atoms with Crippen molar-refractivity contribution >= 4 is 34.2 Å². The molecule has 2 saturated heterocycles. The Morgan fingerprint density at radius 1 is 1.00 bits per heavy atom. The zero-order valence-electron chi connectivity index (χ0n) is 23.9. The summed E-state index contributed by atoms with van der Waals surface area (Å²) in [6.07, 6.45) is 11.4. The van der Waals surface area contributed by atoms with Crippen molar-refractivity contribution in [1.29, 1.82) is 5.26 Å². The maximum absolute atomic E-state index is 15.7. The number of hydrogen-bond acceptors (Lipinski definition) is 6. The number of halogens is 3. The van der Waals surface area contributed by atoms with E-state index >= 15 is 8.78 Å². The van der Waals surface area contributed by atoms with Crippen LogP contribution in [0.3, 0.4) is 0 Å². The number of rotatable bonds is 6. The Bertz CT molecular complexity index is 1840. The van der Waals surface area contributed by atoms with Gasteiger partial charge in [-0.15, -0.1) is 0 Å². The fraction of sp³-hybridized carbons (Fsp3) is 0.303. The quantitative estimate of drug-likeness (QED) is 0.383. The number of nitriles is 1. The van der Waals surface area contributed by atoms with Crippen LogP contribution in [-0.4, -0.2) is 64.7 Å². The molecule has 11 heteroatoms. The molecule has 2 fully saturated rings. The monoisotopic (exact) mass is 617 g/mol. The van der Waals surface area contributed by atoms with Crippen LogP contribution in [0, 0.1) is 23.0 Å². The lowest BCUT2D eigenvalue weighted by atomic mass is 10.1. The summed E-state index contributed by atoms with van der Waals surface area (Å²) in [7, 11) is 0. The molecule has 226 valence electrons. The summed E-state index contributed by atoms with van der Waals surface area (Å²) in [5.74, 6) is -2.69. The van der Waals surface area contributed by atoms with Gasteiger partial charge >= 0.3 is 5.97 Å². The number of nitrogens with zero attached hydrogens (tertiary/aromatic N) is 5. The molecule has 8 nitrogen and oxygen atoms in total. The van der Waals surface area contributed by atoms with Gasteiger partial charge in [0.1, 0.15) is 17.2 Å². The van der Waals surface area contributed by atoms with E-state index in [1.807, 2.05) is 18.2 Å². The Balaban J connectivity index is 1.38. The van der Waals surface area contributed by atoms with Crippen molar-refractivity contribution in [2.45, 2.75) is 25.8 Å². The molecule has 1 aliphatic carbocycles. The molecule has 1 aromatic heterocycles. The molecule has 0 saturated carbocycles. The van der Waals surface area contributed by atoms with Gasteiger partial charge in [-0.25, -0.2) is 13.6 Å². The molecule has 3 heterocycles. The fourth-order valence-corrected chi connectivity index (χ4v) is 6.55. The number of carboxylic acids is 1. The standard InChI is InChI=1S/C33H30ClF2N5O3/c34-29-30-25(17-28(36)31(29)40-14-12-39(13-15-40)23-5-3-4-21(18-37)6-8-23)32(42)26(33(43)44)20-41(30)24-9-7-22(27(35)16-24)19-38-10-1-2-11-38/h3,5-9,16-17,20H,1-2,4,10-15,19H2,(H,43,44). The largest absolute Gasteiger partial charge is 0.477 e. The van der Waals surface area contributed by atoms with Crippen LogP contribution in [0.15, 0.2) is 70.8 Å². The first-order valence-electron chi connectivity index (χ1n) is 14.5. The van der Waals surface area contributed by atoms with Gasteiger partial charge in [0, 0.05) is 67.9 Å². The van der Waals surface area contributed by atoms with Gasteiger partial charge in [-0.1, -0.05) is 23.7 Å². The van der Waals surface area contributed by atoms with E-state index in [1.54, 1.807) is 23.1 Å². The minimum atomic E-state index is -1.48. The summed E-state index contributed by atoms with van der Waals surface area (Å²) in [6, 6.07) is 7.80. The Hall–Kier alpha value is -4.46. The van der Waals surface area contributed by atoms with Crippen molar-refractivity contribution in [3.8, 4) is 11.8 Å². The van der Waals surface area contributed by atoms with E-state index in [4.69, 9.17) is 11.6 Å². The molecule has 3 aliphatic rings. The molecule has 2 aromatic carbocycles. The molecule has 0 unspecified atom stereocenters. The average molecular weight is 618 g/mol. The Kier molecular flexibility index (Phi) is 8.25.